The van der Waals surface area contributed by atoms with Gasteiger partial charge >= 0.3 is 0 Å². The molecule has 2 nitrogen and oxygen atoms in total. The number of aromatic hydroxyl groups is 1. The van der Waals surface area contributed by atoms with Crippen molar-refractivity contribution in [1.82, 2.24) is 0 Å². The summed E-state index contributed by atoms with van der Waals surface area (Å²) in [7, 11) is 0. The van der Waals surface area contributed by atoms with Crippen LogP contribution in [0.4, 0.5) is 5.69 Å². The van der Waals surface area contributed by atoms with Crippen molar-refractivity contribution < 1.29 is 5.11 Å². The third-order valence-electron chi connectivity index (χ3n) is 2.78. The van der Waals surface area contributed by atoms with Crippen LogP contribution in [0.5, 0.6) is 5.75 Å². The molecule has 0 fully saturated rings. The molecule has 76 valence electrons. The fraction of sp³-hybridized carbons (Fsp3) is 0.500. The standard InChI is InChI=1S/C12H17NO/c1-2-7-13-8-3-4-10-5-6-11(14)9-12(10)13/h5-6,9,14H,2-4,7-8H2,1H3. The van der Waals surface area contributed by atoms with E-state index in [4.69, 9.17) is 0 Å². The van der Waals surface area contributed by atoms with Gasteiger partial charge in [0.2, 0.25) is 0 Å². The summed E-state index contributed by atoms with van der Waals surface area (Å²) in [6.07, 6.45) is 3.54. The molecule has 1 aliphatic heterocycles. The summed E-state index contributed by atoms with van der Waals surface area (Å²) in [4.78, 5) is 2.37. The maximum atomic E-state index is 9.45. The molecule has 0 saturated carbocycles. The molecule has 0 aliphatic carbocycles. The Balaban J connectivity index is 2.32. The van der Waals surface area contributed by atoms with E-state index in [1.54, 1.807) is 6.07 Å². The summed E-state index contributed by atoms with van der Waals surface area (Å²) in [5, 5.41) is 9.45. The number of aryl methyl sites for hydroxylation is 1. The molecule has 1 aromatic rings. The highest BCUT2D eigenvalue weighted by atomic mass is 16.3. The van der Waals surface area contributed by atoms with Crippen LogP contribution in [0.25, 0.3) is 0 Å². The van der Waals surface area contributed by atoms with Gasteiger partial charge in [-0.2, -0.15) is 0 Å². The quantitative estimate of drug-likeness (QED) is 0.776. The maximum absolute atomic E-state index is 9.45. The summed E-state index contributed by atoms with van der Waals surface area (Å²) < 4.78 is 0. The molecule has 2 heteroatoms. The second-order valence-electron chi connectivity index (χ2n) is 3.90. The number of anilines is 1. The highest BCUT2D eigenvalue weighted by Gasteiger charge is 2.15. The lowest BCUT2D eigenvalue weighted by atomic mass is 10.0. The minimum absolute atomic E-state index is 0.381. The zero-order chi connectivity index (χ0) is 9.97. The van der Waals surface area contributed by atoms with Crippen molar-refractivity contribution in [3.63, 3.8) is 0 Å². The molecule has 1 aliphatic rings. The van der Waals surface area contributed by atoms with E-state index in [0.29, 0.717) is 5.75 Å². The van der Waals surface area contributed by atoms with Gasteiger partial charge in [0, 0.05) is 24.8 Å². The van der Waals surface area contributed by atoms with Gasteiger partial charge in [0.15, 0.2) is 0 Å². The molecule has 2 rings (SSSR count). The molecule has 14 heavy (non-hydrogen) atoms. The Kier molecular flexibility index (Phi) is 2.62. The first-order chi connectivity index (χ1) is 6.81. The molecule has 0 unspecified atom stereocenters. The van der Waals surface area contributed by atoms with Crippen molar-refractivity contribution in [3.8, 4) is 5.75 Å². The van der Waals surface area contributed by atoms with Crippen LogP contribution >= 0.6 is 0 Å². The molecule has 1 N–H and O–H groups in total. The number of hydrogen-bond donors (Lipinski definition) is 1. The third kappa shape index (κ3) is 1.69. The first-order valence-corrected chi connectivity index (χ1v) is 5.38. The van der Waals surface area contributed by atoms with E-state index >= 15 is 0 Å². The monoisotopic (exact) mass is 191 g/mol. The van der Waals surface area contributed by atoms with Gasteiger partial charge in [-0.15, -0.1) is 0 Å². The van der Waals surface area contributed by atoms with Crippen LogP contribution in [0, 0.1) is 0 Å². The Labute approximate surface area is 85.2 Å². The number of phenols is 1. The predicted molar refractivity (Wildman–Crippen MR) is 58.9 cm³/mol. The Morgan fingerprint density at radius 3 is 3.07 bits per heavy atom. The van der Waals surface area contributed by atoms with Crippen LogP contribution in [-0.2, 0) is 6.42 Å². The van der Waals surface area contributed by atoms with E-state index in [1.807, 2.05) is 12.1 Å². The number of fused-ring (bicyclic) bond motifs is 1. The summed E-state index contributed by atoms with van der Waals surface area (Å²) in [5.74, 6) is 0.381. The van der Waals surface area contributed by atoms with Crippen LogP contribution in [0.2, 0.25) is 0 Å². The predicted octanol–water partition coefficient (Wildman–Crippen LogP) is 2.55. The SMILES string of the molecule is CCCN1CCCc2ccc(O)cc21. The second-order valence-corrected chi connectivity index (χ2v) is 3.90. The van der Waals surface area contributed by atoms with Crippen LogP contribution in [0.3, 0.4) is 0 Å². The summed E-state index contributed by atoms with van der Waals surface area (Å²) in [6.45, 7) is 4.41. The van der Waals surface area contributed by atoms with Crippen LogP contribution in [0.15, 0.2) is 18.2 Å². The molecular formula is C12H17NO. The lowest BCUT2D eigenvalue weighted by molar-refractivity contribution is 0.474. The van der Waals surface area contributed by atoms with E-state index in [-0.39, 0.29) is 0 Å². The Hall–Kier alpha value is -1.18. The third-order valence-corrected chi connectivity index (χ3v) is 2.78. The molecular weight excluding hydrogens is 174 g/mol. The topological polar surface area (TPSA) is 23.5 Å². The fourth-order valence-electron chi connectivity index (χ4n) is 2.14. The Morgan fingerprint density at radius 1 is 1.43 bits per heavy atom. The van der Waals surface area contributed by atoms with Crippen molar-refractivity contribution in [2.45, 2.75) is 26.2 Å². The minimum atomic E-state index is 0.381. The highest BCUT2D eigenvalue weighted by molar-refractivity contribution is 5.58. The van der Waals surface area contributed by atoms with Crippen molar-refractivity contribution in [3.05, 3.63) is 23.8 Å². The van der Waals surface area contributed by atoms with Crippen molar-refractivity contribution in [2.75, 3.05) is 18.0 Å². The summed E-state index contributed by atoms with van der Waals surface area (Å²) in [6, 6.07) is 5.73. The minimum Gasteiger partial charge on any atom is -0.508 e. The van der Waals surface area contributed by atoms with Gasteiger partial charge in [0.1, 0.15) is 5.75 Å². The molecule has 1 heterocycles. The first-order valence-electron chi connectivity index (χ1n) is 5.38. The molecule has 0 bridgehead atoms. The van der Waals surface area contributed by atoms with Gasteiger partial charge in [0.25, 0.3) is 0 Å². The largest absolute Gasteiger partial charge is 0.508 e. The smallest absolute Gasteiger partial charge is 0.117 e. The van der Waals surface area contributed by atoms with E-state index in [9.17, 15) is 5.11 Å². The average molecular weight is 191 g/mol. The average Bonchev–Trinajstić information content (AvgIpc) is 2.19. The molecule has 0 spiro atoms. The number of benzene rings is 1. The van der Waals surface area contributed by atoms with Crippen molar-refractivity contribution >= 4 is 5.69 Å². The normalized spacial score (nSPS) is 15.4. The van der Waals surface area contributed by atoms with Crippen molar-refractivity contribution in [2.24, 2.45) is 0 Å². The van der Waals surface area contributed by atoms with E-state index in [1.165, 1.54) is 17.7 Å². The van der Waals surface area contributed by atoms with E-state index in [2.05, 4.69) is 11.8 Å². The van der Waals surface area contributed by atoms with Gasteiger partial charge in [-0.3, -0.25) is 0 Å². The van der Waals surface area contributed by atoms with E-state index in [0.717, 1.165) is 25.9 Å². The molecule has 1 aromatic carbocycles. The van der Waals surface area contributed by atoms with Gasteiger partial charge in [-0.05, 0) is 30.9 Å². The van der Waals surface area contributed by atoms with Gasteiger partial charge < -0.3 is 10.0 Å². The zero-order valence-electron chi connectivity index (χ0n) is 8.66. The second kappa shape index (κ2) is 3.91. The molecule has 0 aromatic heterocycles. The van der Waals surface area contributed by atoms with Crippen molar-refractivity contribution in [1.29, 1.82) is 0 Å². The highest BCUT2D eigenvalue weighted by Crippen LogP contribution is 2.30. The zero-order valence-corrected chi connectivity index (χ0v) is 8.66. The van der Waals surface area contributed by atoms with Gasteiger partial charge in [-0.1, -0.05) is 13.0 Å². The summed E-state index contributed by atoms with van der Waals surface area (Å²) in [5.41, 5.74) is 2.61. The van der Waals surface area contributed by atoms with Gasteiger partial charge in [-0.25, -0.2) is 0 Å². The van der Waals surface area contributed by atoms with Crippen LogP contribution in [0.1, 0.15) is 25.3 Å². The van der Waals surface area contributed by atoms with Gasteiger partial charge in [0.05, 0.1) is 0 Å². The lowest BCUT2D eigenvalue weighted by Gasteiger charge is -2.31. The Bertz CT molecular complexity index is 322. The maximum Gasteiger partial charge on any atom is 0.117 e. The lowest BCUT2D eigenvalue weighted by Crippen LogP contribution is -2.29. The summed E-state index contributed by atoms with van der Waals surface area (Å²) >= 11 is 0. The fourth-order valence-corrected chi connectivity index (χ4v) is 2.14. The number of hydrogen-bond acceptors (Lipinski definition) is 2. The van der Waals surface area contributed by atoms with Crippen LogP contribution in [-0.4, -0.2) is 18.2 Å². The molecule has 0 atom stereocenters. The molecule has 0 saturated heterocycles. The molecule has 0 amide bonds. The number of nitrogens with zero attached hydrogens (tertiary/aromatic N) is 1. The van der Waals surface area contributed by atoms with Crippen LogP contribution < -0.4 is 4.90 Å². The number of rotatable bonds is 2. The first kappa shape index (κ1) is 9.38. The van der Waals surface area contributed by atoms with E-state index < -0.39 is 0 Å². The Morgan fingerprint density at radius 2 is 2.29 bits per heavy atom. The molecule has 0 radical (unpaired) electrons. The number of phenolic OH excluding ortho intramolecular Hbond substituents is 1.